The maximum atomic E-state index is 12.3. The first kappa shape index (κ1) is 19.2. The molecule has 0 aliphatic heterocycles. The van der Waals surface area contributed by atoms with Crippen molar-refractivity contribution in [2.75, 3.05) is 17.7 Å². The van der Waals surface area contributed by atoms with Gasteiger partial charge in [0.1, 0.15) is 16.6 Å². The molecule has 0 fully saturated rings. The number of nitrogens with zero attached hydrogens (tertiary/aromatic N) is 2. The maximum absolute atomic E-state index is 12.3. The Bertz CT molecular complexity index is 926. The van der Waals surface area contributed by atoms with Crippen LogP contribution in [0.3, 0.4) is 0 Å². The second kappa shape index (κ2) is 8.86. The average Bonchev–Trinajstić information content (AvgIpc) is 2.67. The highest BCUT2D eigenvalue weighted by atomic mass is 32.2. The SMILES string of the molecule is CCOc1ccc(NC(=O)CSc2nc(C(C)C)nc3ccccc23)cc1. The molecule has 1 amide bonds. The van der Waals surface area contributed by atoms with E-state index in [9.17, 15) is 4.79 Å². The normalized spacial score (nSPS) is 11.0. The number of para-hydroxylation sites is 1. The Morgan fingerprint density at radius 2 is 1.85 bits per heavy atom. The highest BCUT2D eigenvalue weighted by Crippen LogP contribution is 2.27. The highest BCUT2D eigenvalue weighted by molar-refractivity contribution is 8.00. The standard InChI is InChI=1S/C21H23N3O2S/c1-4-26-16-11-9-15(10-12-16)22-19(25)13-27-21-17-7-5-6-8-18(17)23-20(24-21)14(2)3/h5-12,14H,4,13H2,1-3H3,(H,22,25). The fraction of sp³-hybridized carbons (Fsp3) is 0.286. The molecule has 2 aromatic carbocycles. The van der Waals surface area contributed by atoms with Crippen molar-refractivity contribution in [1.82, 2.24) is 9.97 Å². The summed E-state index contributed by atoms with van der Waals surface area (Å²) < 4.78 is 5.41. The first-order valence-corrected chi connectivity index (χ1v) is 9.97. The minimum atomic E-state index is -0.0713. The van der Waals surface area contributed by atoms with Gasteiger partial charge in [0.2, 0.25) is 5.91 Å². The van der Waals surface area contributed by atoms with Gasteiger partial charge >= 0.3 is 0 Å². The molecule has 27 heavy (non-hydrogen) atoms. The van der Waals surface area contributed by atoms with Crippen LogP contribution in [-0.2, 0) is 4.79 Å². The molecular weight excluding hydrogens is 358 g/mol. The Hall–Kier alpha value is -2.60. The molecule has 0 aliphatic carbocycles. The van der Waals surface area contributed by atoms with E-state index in [1.54, 1.807) is 0 Å². The Morgan fingerprint density at radius 3 is 2.56 bits per heavy atom. The fourth-order valence-corrected chi connectivity index (χ4v) is 3.39. The summed E-state index contributed by atoms with van der Waals surface area (Å²) in [6.45, 7) is 6.69. The Labute approximate surface area is 163 Å². The van der Waals surface area contributed by atoms with Crippen LogP contribution in [0.1, 0.15) is 32.5 Å². The molecule has 0 aliphatic rings. The third-order valence-corrected chi connectivity index (χ3v) is 4.88. The van der Waals surface area contributed by atoms with Gasteiger partial charge in [0, 0.05) is 17.0 Å². The number of fused-ring (bicyclic) bond motifs is 1. The van der Waals surface area contributed by atoms with Crippen LogP contribution in [0.25, 0.3) is 10.9 Å². The van der Waals surface area contributed by atoms with E-state index < -0.39 is 0 Å². The van der Waals surface area contributed by atoms with Gasteiger partial charge in [-0.25, -0.2) is 9.97 Å². The predicted octanol–water partition coefficient (Wildman–Crippen LogP) is 4.88. The zero-order valence-electron chi connectivity index (χ0n) is 15.7. The number of carbonyl (C=O) groups is 1. The van der Waals surface area contributed by atoms with E-state index in [1.165, 1.54) is 11.8 Å². The largest absolute Gasteiger partial charge is 0.494 e. The zero-order valence-corrected chi connectivity index (χ0v) is 16.5. The molecule has 0 unspecified atom stereocenters. The summed E-state index contributed by atoms with van der Waals surface area (Å²) in [5.41, 5.74) is 1.66. The van der Waals surface area contributed by atoms with Gasteiger partial charge < -0.3 is 10.1 Å². The number of amides is 1. The van der Waals surface area contributed by atoms with E-state index in [-0.39, 0.29) is 17.6 Å². The number of anilines is 1. The molecule has 5 nitrogen and oxygen atoms in total. The number of rotatable bonds is 7. The van der Waals surface area contributed by atoms with E-state index >= 15 is 0 Å². The first-order valence-electron chi connectivity index (χ1n) is 8.99. The van der Waals surface area contributed by atoms with E-state index in [4.69, 9.17) is 4.74 Å². The van der Waals surface area contributed by atoms with Crippen LogP contribution in [0.4, 0.5) is 5.69 Å². The number of thioether (sulfide) groups is 1. The summed E-state index contributed by atoms with van der Waals surface area (Å²) in [4.78, 5) is 21.6. The zero-order chi connectivity index (χ0) is 19.2. The van der Waals surface area contributed by atoms with Crippen molar-refractivity contribution in [3.8, 4) is 5.75 Å². The first-order chi connectivity index (χ1) is 13.1. The molecule has 0 saturated heterocycles. The molecule has 1 N–H and O–H groups in total. The minimum Gasteiger partial charge on any atom is -0.494 e. The quantitative estimate of drug-likeness (QED) is 0.467. The Balaban J connectivity index is 1.69. The second-order valence-corrected chi connectivity index (χ2v) is 7.32. The Kier molecular flexibility index (Phi) is 6.29. The average molecular weight is 382 g/mol. The molecule has 6 heteroatoms. The van der Waals surface area contributed by atoms with Crippen molar-refractivity contribution in [3.05, 3.63) is 54.4 Å². The fourth-order valence-electron chi connectivity index (χ4n) is 2.57. The molecule has 140 valence electrons. The maximum Gasteiger partial charge on any atom is 0.234 e. The molecule has 0 bridgehead atoms. The molecule has 0 spiro atoms. The molecule has 0 saturated carbocycles. The number of hydrogen-bond acceptors (Lipinski definition) is 5. The summed E-state index contributed by atoms with van der Waals surface area (Å²) in [5, 5.41) is 4.72. The van der Waals surface area contributed by atoms with Gasteiger partial charge in [0.15, 0.2) is 0 Å². The van der Waals surface area contributed by atoms with Gasteiger partial charge in [-0.15, -0.1) is 0 Å². The molecular formula is C21H23N3O2S. The number of benzene rings is 2. The van der Waals surface area contributed by atoms with E-state index in [0.29, 0.717) is 6.61 Å². The number of hydrogen-bond donors (Lipinski definition) is 1. The summed E-state index contributed by atoms with van der Waals surface area (Å²) in [5.74, 6) is 2.03. The smallest absolute Gasteiger partial charge is 0.234 e. The lowest BCUT2D eigenvalue weighted by Gasteiger charge is -2.10. The summed E-state index contributed by atoms with van der Waals surface area (Å²) >= 11 is 1.43. The van der Waals surface area contributed by atoms with E-state index in [1.807, 2.05) is 55.5 Å². The van der Waals surface area contributed by atoms with Gasteiger partial charge in [-0.3, -0.25) is 4.79 Å². The van der Waals surface area contributed by atoms with Crippen molar-refractivity contribution in [2.24, 2.45) is 0 Å². The second-order valence-electron chi connectivity index (χ2n) is 6.35. The van der Waals surface area contributed by atoms with Gasteiger partial charge in [0.25, 0.3) is 0 Å². The van der Waals surface area contributed by atoms with E-state index in [0.717, 1.165) is 33.2 Å². The molecule has 0 radical (unpaired) electrons. The third-order valence-electron chi connectivity index (χ3n) is 3.89. The minimum absolute atomic E-state index is 0.0713. The van der Waals surface area contributed by atoms with E-state index in [2.05, 4.69) is 29.1 Å². The van der Waals surface area contributed by atoms with Crippen LogP contribution in [-0.4, -0.2) is 28.2 Å². The predicted molar refractivity (Wildman–Crippen MR) is 111 cm³/mol. The van der Waals surface area contributed by atoms with Crippen LogP contribution >= 0.6 is 11.8 Å². The number of ether oxygens (including phenoxy) is 1. The van der Waals surface area contributed by atoms with Gasteiger partial charge in [-0.05, 0) is 37.3 Å². The van der Waals surface area contributed by atoms with Crippen molar-refractivity contribution >= 4 is 34.3 Å². The van der Waals surface area contributed by atoms with Crippen LogP contribution in [0.15, 0.2) is 53.6 Å². The van der Waals surface area contributed by atoms with Gasteiger partial charge in [-0.1, -0.05) is 43.8 Å². The van der Waals surface area contributed by atoms with Crippen LogP contribution in [0, 0.1) is 0 Å². The van der Waals surface area contributed by atoms with Crippen LogP contribution < -0.4 is 10.1 Å². The van der Waals surface area contributed by atoms with Crippen molar-refractivity contribution in [1.29, 1.82) is 0 Å². The van der Waals surface area contributed by atoms with Crippen molar-refractivity contribution in [3.63, 3.8) is 0 Å². The lowest BCUT2D eigenvalue weighted by molar-refractivity contribution is -0.113. The van der Waals surface area contributed by atoms with Crippen molar-refractivity contribution in [2.45, 2.75) is 31.7 Å². The molecule has 3 aromatic rings. The third kappa shape index (κ3) is 4.98. The monoisotopic (exact) mass is 381 g/mol. The topological polar surface area (TPSA) is 64.1 Å². The van der Waals surface area contributed by atoms with Crippen LogP contribution in [0.5, 0.6) is 5.75 Å². The molecule has 1 aromatic heterocycles. The van der Waals surface area contributed by atoms with Crippen molar-refractivity contribution < 1.29 is 9.53 Å². The summed E-state index contributed by atoms with van der Waals surface area (Å²) in [6, 6.07) is 15.3. The highest BCUT2D eigenvalue weighted by Gasteiger charge is 2.12. The number of nitrogens with one attached hydrogen (secondary N) is 1. The molecule has 0 atom stereocenters. The molecule has 3 rings (SSSR count). The number of carbonyl (C=O) groups excluding carboxylic acids is 1. The van der Waals surface area contributed by atoms with Crippen LogP contribution in [0.2, 0.25) is 0 Å². The Morgan fingerprint density at radius 1 is 1.11 bits per heavy atom. The lowest BCUT2D eigenvalue weighted by Crippen LogP contribution is -2.14. The number of aromatic nitrogens is 2. The molecule has 1 heterocycles. The van der Waals surface area contributed by atoms with Gasteiger partial charge in [-0.2, -0.15) is 0 Å². The van der Waals surface area contributed by atoms with Gasteiger partial charge in [0.05, 0.1) is 17.9 Å². The lowest BCUT2D eigenvalue weighted by atomic mass is 10.2. The summed E-state index contributed by atoms with van der Waals surface area (Å²) in [6.07, 6.45) is 0. The summed E-state index contributed by atoms with van der Waals surface area (Å²) in [7, 11) is 0.